The first-order chi connectivity index (χ1) is 9.25. The largest absolute Gasteiger partial charge is 0.464 e. The van der Waals surface area contributed by atoms with Gasteiger partial charge in [0.2, 0.25) is 5.91 Å². The fourth-order valence-corrected chi connectivity index (χ4v) is 2.34. The van der Waals surface area contributed by atoms with Crippen LogP contribution in [0.2, 0.25) is 0 Å². The summed E-state index contributed by atoms with van der Waals surface area (Å²) in [4.78, 5) is 11.1. The summed E-state index contributed by atoms with van der Waals surface area (Å²) in [6, 6.07) is 15.8. The Labute approximate surface area is 111 Å². The van der Waals surface area contributed by atoms with Crippen molar-refractivity contribution in [2.24, 2.45) is 5.73 Å². The van der Waals surface area contributed by atoms with Gasteiger partial charge in [-0.25, -0.2) is 0 Å². The molecule has 0 fully saturated rings. The highest BCUT2D eigenvalue weighted by Crippen LogP contribution is 2.38. The minimum atomic E-state index is -0.356. The first-order valence-electron chi connectivity index (χ1n) is 6.08. The zero-order valence-electron chi connectivity index (χ0n) is 10.3. The SMILES string of the molecule is NC(=O)Cc1cc(-c2ccccc2)c2cccoc1-2. The number of primary amides is 1. The van der Waals surface area contributed by atoms with Gasteiger partial charge >= 0.3 is 0 Å². The van der Waals surface area contributed by atoms with E-state index in [1.165, 1.54) is 0 Å². The van der Waals surface area contributed by atoms with E-state index in [1.54, 1.807) is 6.26 Å². The molecule has 1 aliphatic carbocycles. The molecule has 0 saturated heterocycles. The van der Waals surface area contributed by atoms with Crippen molar-refractivity contribution in [1.29, 1.82) is 0 Å². The van der Waals surface area contributed by atoms with E-state index in [0.29, 0.717) is 0 Å². The zero-order valence-corrected chi connectivity index (χ0v) is 10.3. The maximum atomic E-state index is 11.1. The Morgan fingerprint density at radius 3 is 2.58 bits per heavy atom. The number of benzene rings is 1. The normalized spacial score (nSPS) is 10.7. The van der Waals surface area contributed by atoms with E-state index >= 15 is 0 Å². The van der Waals surface area contributed by atoms with E-state index in [4.69, 9.17) is 10.2 Å². The molecule has 0 radical (unpaired) electrons. The molecule has 3 nitrogen and oxygen atoms in total. The summed E-state index contributed by atoms with van der Waals surface area (Å²) in [6.45, 7) is 0. The van der Waals surface area contributed by atoms with Crippen LogP contribution in [0.15, 0.2) is 59.2 Å². The summed E-state index contributed by atoms with van der Waals surface area (Å²) in [6.07, 6.45) is 1.80. The molecule has 0 atom stereocenters. The molecule has 2 N–H and O–H groups in total. The molecule has 0 unspecified atom stereocenters. The van der Waals surface area contributed by atoms with Crippen molar-refractivity contribution >= 4 is 5.91 Å². The van der Waals surface area contributed by atoms with Crippen LogP contribution in [0.1, 0.15) is 5.56 Å². The Hall–Kier alpha value is -2.55. The van der Waals surface area contributed by atoms with Gasteiger partial charge in [-0.1, -0.05) is 30.3 Å². The molecule has 94 valence electrons. The van der Waals surface area contributed by atoms with Crippen molar-refractivity contribution in [3.05, 3.63) is 60.4 Å². The van der Waals surface area contributed by atoms with Crippen LogP contribution >= 0.6 is 0 Å². The summed E-state index contributed by atoms with van der Waals surface area (Å²) in [5, 5.41) is 0. The fraction of sp³-hybridized carbons (Fsp3) is 0.0625. The molecule has 1 aromatic rings. The van der Waals surface area contributed by atoms with Gasteiger partial charge in [0, 0.05) is 11.1 Å². The maximum Gasteiger partial charge on any atom is 0.221 e. The number of carbonyl (C=O) groups excluding carboxylic acids is 1. The first-order valence-corrected chi connectivity index (χ1v) is 6.08. The van der Waals surface area contributed by atoms with Gasteiger partial charge in [0.25, 0.3) is 0 Å². The highest BCUT2D eigenvalue weighted by molar-refractivity contribution is 5.89. The van der Waals surface area contributed by atoms with E-state index in [9.17, 15) is 4.79 Å². The third-order valence-corrected chi connectivity index (χ3v) is 3.12. The smallest absolute Gasteiger partial charge is 0.221 e. The van der Waals surface area contributed by atoms with Crippen molar-refractivity contribution < 1.29 is 9.21 Å². The predicted molar refractivity (Wildman–Crippen MR) is 73.7 cm³/mol. The quantitative estimate of drug-likeness (QED) is 0.777. The van der Waals surface area contributed by atoms with Crippen LogP contribution in [0.25, 0.3) is 22.5 Å². The van der Waals surface area contributed by atoms with Crippen molar-refractivity contribution in [2.75, 3.05) is 0 Å². The van der Waals surface area contributed by atoms with Crippen molar-refractivity contribution in [3.63, 3.8) is 0 Å². The lowest BCUT2D eigenvalue weighted by atomic mass is 10.0. The van der Waals surface area contributed by atoms with Crippen LogP contribution in [-0.4, -0.2) is 5.91 Å². The van der Waals surface area contributed by atoms with Gasteiger partial charge in [-0.15, -0.1) is 0 Å². The van der Waals surface area contributed by atoms with E-state index in [2.05, 4.69) is 0 Å². The van der Waals surface area contributed by atoms with Crippen LogP contribution in [0.4, 0.5) is 0 Å². The lowest BCUT2D eigenvalue weighted by molar-refractivity contribution is -0.117. The molecular weight excluding hydrogens is 238 g/mol. The Balaban J connectivity index is 2.18. The number of rotatable bonds is 3. The van der Waals surface area contributed by atoms with Crippen LogP contribution in [0, 0.1) is 0 Å². The Morgan fingerprint density at radius 2 is 1.84 bits per heavy atom. The third-order valence-electron chi connectivity index (χ3n) is 3.12. The summed E-state index contributed by atoms with van der Waals surface area (Å²) >= 11 is 0. The van der Waals surface area contributed by atoms with Crippen molar-refractivity contribution in [3.8, 4) is 22.5 Å². The number of hydrogen-bond donors (Lipinski definition) is 1. The fourth-order valence-electron chi connectivity index (χ4n) is 2.34. The number of fused-ring (bicyclic) bond motifs is 1. The number of hydrogen-bond acceptors (Lipinski definition) is 2. The average molecular weight is 251 g/mol. The maximum absolute atomic E-state index is 11.1. The molecule has 3 rings (SSSR count). The van der Waals surface area contributed by atoms with Crippen LogP contribution in [-0.2, 0) is 11.2 Å². The van der Waals surface area contributed by atoms with Crippen LogP contribution in [0.3, 0.4) is 0 Å². The molecule has 0 saturated carbocycles. The Bertz CT molecular complexity index is 685. The molecule has 1 aromatic carbocycles. The lowest BCUT2D eigenvalue weighted by Gasteiger charge is -2.03. The average Bonchev–Trinajstić information content (AvgIpc) is 2.78. The molecule has 19 heavy (non-hydrogen) atoms. The summed E-state index contributed by atoms with van der Waals surface area (Å²) < 4.78 is 5.54. The van der Waals surface area contributed by atoms with Crippen LogP contribution < -0.4 is 5.73 Å². The van der Waals surface area contributed by atoms with Gasteiger partial charge < -0.3 is 10.2 Å². The Morgan fingerprint density at radius 1 is 1.05 bits per heavy atom. The molecule has 0 aromatic heterocycles. The Kier molecular flexibility index (Phi) is 2.80. The van der Waals surface area contributed by atoms with E-state index < -0.39 is 0 Å². The van der Waals surface area contributed by atoms with E-state index in [1.807, 2.05) is 48.5 Å². The molecule has 2 aliphatic rings. The topological polar surface area (TPSA) is 56.2 Å². The van der Waals surface area contributed by atoms with Crippen molar-refractivity contribution in [1.82, 2.24) is 0 Å². The summed E-state index contributed by atoms with van der Waals surface area (Å²) in [7, 11) is 0. The second kappa shape index (κ2) is 4.61. The van der Waals surface area contributed by atoms with Gasteiger partial charge in [-0.2, -0.15) is 0 Å². The second-order valence-corrected chi connectivity index (χ2v) is 4.45. The number of carbonyl (C=O) groups is 1. The van der Waals surface area contributed by atoms with E-state index in [-0.39, 0.29) is 12.3 Å². The minimum Gasteiger partial charge on any atom is -0.464 e. The van der Waals surface area contributed by atoms with Gasteiger partial charge in [0.1, 0.15) is 5.76 Å². The molecule has 0 spiro atoms. The summed E-state index contributed by atoms with van der Waals surface area (Å²) in [5.74, 6) is 0.380. The highest BCUT2D eigenvalue weighted by Gasteiger charge is 2.19. The number of amides is 1. The molecule has 1 aliphatic heterocycles. The summed E-state index contributed by atoms with van der Waals surface area (Å²) in [5.41, 5.74) is 9.29. The number of nitrogens with two attached hydrogens (primary N) is 1. The molecule has 3 heteroatoms. The molecule has 1 amide bonds. The third kappa shape index (κ3) is 2.10. The van der Waals surface area contributed by atoms with Crippen LogP contribution in [0.5, 0.6) is 0 Å². The van der Waals surface area contributed by atoms with Gasteiger partial charge in [-0.3, -0.25) is 4.79 Å². The molecule has 0 bridgehead atoms. The van der Waals surface area contributed by atoms with E-state index in [0.717, 1.165) is 28.0 Å². The zero-order chi connectivity index (χ0) is 13.2. The first kappa shape index (κ1) is 11.5. The minimum absolute atomic E-state index is 0.191. The molecule has 1 heterocycles. The van der Waals surface area contributed by atoms with Gasteiger partial charge in [0.15, 0.2) is 0 Å². The standard InChI is InChI=1S/C16H13NO2/c17-15(18)10-12-9-14(11-5-2-1-3-6-11)13-7-4-8-19-16(12)13/h1-9H,10H2,(H2,17,18). The molecular formula is C16H13NO2. The predicted octanol–water partition coefficient (Wildman–Crippen LogP) is 3.08. The lowest BCUT2D eigenvalue weighted by Crippen LogP contribution is -2.13. The highest BCUT2D eigenvalue weighted by atomic mass is 16.3. The van der Waals surface area contributed by atoms with Crippen molar-refractivity contribution in [2.45, 2.75) is 6.42 Å². The monoisotopic (exact) mass is 251 g/mol. The second-order valence-electron chi connectivity index (χ2n) is 4.45. The van der Waals surface area contributed by atoms with Gasteiger partial charge in [-0.05, 0) is 29.3 Å². The van der Waals surface area contributed by atoms with Gasteiger partial charge in [0.05, 0.1) is 12.7 Å².